The van der Waals surface area contributed by atoms with E-state index in [2.05, 4.69) is 34.9 Å². The van der Waals surface area contributed by atoms with Crippen LogP contribution in [0.25, 0.3) is 11.4 Å². The highest BCUT2D eigenvalue weighted by Crippen LogP contribution is 2.38. The van der Waals surface area contributed by atoms with Gasteiger partial charge in [-0.25, -0.2) is 14.8 Å². The van der Waals surface area contributed by atoms with E-state index < -0.39 is 42.5 Å². The summed E-state index contributed by atoms with van der Waals surface area (Å²) in [5.74, 6) is -3.92. The van der Waals surface area contributed by atoms with Crippen LogP contribution >= 0.6 is 0 Å². The molecule has 47 heavy (non-hydrogen) atoms. The molecule has 1 aliphatic carbocycles. The van der Waals surface area contributed by atoms with E-state index >= 15 is 0 Å². The summed E-state index contributed by atoms with van der Waals surface area (Å²) in [7, 11) is 2.02. The van der Waals surface area contributed by atoms with Gasteiger partial charge in [-0.15, -0.1) is 13.2 Å². The molecule has 5 rings (SSSR count). The molecular weight excluding hydrogens is 633 g/mol. The number of amides is 1. The SMILES string of the molecule is CN1CCN(c2ccc(OC(F)(F)F)c(Nc3ncc4c(n3)-c3c(c(C(N)=O)nn3CCO)CC4)c2)CC1.O=C(O)C[C@H](O)C(=O)O. The van der Waals surface area contributed by atoms with Gasteiger partial charge in [-0.1, -0.05) is 0 Å². The maximum absolute atomic E-state index is 13.2. The van der Waals surface area contributed by atoms with E-state index in [0.717, 1.165) is 37.4 Å². The zero-order chi connectivity index (χ0) is 34.5. The molecule has 1 atom stereocenters. The minimum absolute atomic E-state index is 0.0384. The number of fused-ring (bicyclic) bond motifs is 3. The second-order valence-electron chi connectivity index (χ2n) is 10.6. The maximum Gasteiger partial charge on any atom is 0.573 e. The topological polar surface area (TPSA) is 229 Å². The first kappa shape index (κ1) is 34.9. The number of nitrogens with zero attached hydrogens (tertiary/aromatic N) is 6. The average Bonchev–Trinajstić information content (AvgIpc) is 3.37. The van der Waals surface area contributed by atoms with Crippen molar-refractivity contribution in [2.45, 2.75) is 38.3 Å². The van der Waals surface area contributed by atoms with Crippen LogP contribution in [0, 0.1) is 0 Å². The van der Waals surface area contributed by atoms with Gasteiger partial charge in [-0.2, -0.15) is 5.10 Å². The third-order valence-corrected chi connectivity index (χ3v) is 7.29. The molecule has 0 bridgehead atoms. The summed E-state index contributed by atoms with van der Waals surface area (Å²) in [6, 6.07) is 4.45. The number of carboxylic acids is 2. The largest absolute Gasteiger partial charge is 0.573 e. The summed E-state index contributed by atoms with van der Waals surface area (Å²) >= 11 is 0. The number of aliphatic hydroxyl groups excluding tert-OH is 2. The number of nitrogens with two attached hydrogens (primary N) is 1. The summed E-state index contributed by atoms with van der Waals surface area (Å²) < 4.78 is 45.2. The van der Waals surface area contributed by atoms with E-state index in [9.17, 15) is 32.7 Å². The molecule has 2 aromatic heterocycles. The number of carboxylic acid groups (broad SMARTS) is 2. The number of hydrogen-bond donors (Lipinski definition) is 6. The van der Waals surface area contributed by atoms with Crippen molar-refractivity contribution in [3.63, 3.8) is 0 Å². The van der Waals surface area contributed by atoms with Gasteiger partial charge in [0.15, 0.2) is 17.5 Å². The molecule has 0 radical (unpaired) electrons. The number of halogens is 3. The number of aryl methyl sites for hydroxylation is 1. The summed E-state index contributed by atoms with van der Waals surface area (Å²) in [6.07, 6.45) is -4.84. The number of hydrogen-bond acceptors (Lipinski definition) is 12. The summed E-state index contributed by atoms with van der Waals surface area (Å²) in [5.41, 5.74) is 8.79. The lowest BCUT2D eigenvalue weighted by atomic mass is 9.93. The van der Waals surface area contributed by atoms with Crippen molar-refractivity contribution in [1.82, 2.24) is 24.6 Å². The van der Waals surface area contributed by atoms with Crippen LogP contribution in [0.4, 0.5) is 30.5 Å². The van der Waals surface area contributed by atoms with Gasteiger partial charge in [-0.3, -0.25) is 14.3 Å². The van der Waals surface area contributed by atoms with Crippen molar-refractivity contribution >= 4 is 35.2 Å². The van der Waals surface area contributed by atoms with Crippen LogP contribution in [0.2, 0.25) is 0 Å². The Bertz CT molecular complexity index is 1630. The van der Waals surface area contributed by atoms with Gasteiger partial charge in [0.05, 0.1) is 36.6 Å². The van der Waals surface area contributed by atoms with E-state index in [1.165, 1.54) is 10.7 Å². The molecule has 2 aliphatic rings. The third kappa shape index (κ3) is 8.83. The molecule has 1 aromatic carbocycles. The van der Waals surface area contributed by atoms with Crippen LogP contribution in [0.3, 0.4) is 0 Å². The van der Waals surface area contributed by atoms with Gasteiger partial charge < -0.3 is 46.0 Å². The van der Waals surface area contributed by atoms with Gasteiger partial charge in [0.1, 0.15) is 0 Å². The van der Waals surface area contributed by atoms with Crippen LogP contribution in [0.15, 0.2) is 24.4 Å². The molecule has 16 nitrogen and oxygen atoms in total. The number of carbonyl (C=O) groups excluding carboxylic acids is 1. The number of piperazine rings is 1. The molecule has 0 saturated carbocycles. The van der Waals surface area contributed by atoms with Crippen molar-refractivity contribution in [3.05, 3.63) is 41.2 Å². The quantitative estimate of drug-likeness (QED) is 0.176. The maximum atomic E-state index is 13.2. The second kappa shape index (κ2) is 14.6. The minimum atomic E-state index is -4.89. The van der Waals surface area contributed by atoms with Crippen LogP contribution in [0.1, 0.15) is 28.0 Å². The molecule has 1 fully saturated rings. The van der Waals surface area contributed by atoms with Crippen LogP contribution in [-0.4, -0.2) is 115 Å². The number of nitrogens with one attached hydrogen (secondary N) is 1. The molecule has 3 heterocycles. The standard InChI is InChI=1S/C24H27F3N8O3.C4H6O5/c1-33-6-8-34(9-7-33)15-3-5-18(38-24(25,26)27)17(12-15)30-23-29-13-14-2-4-16-20(22(28)37)32-35(10-11-36)21(16)19(14)31-23;5-2(4(8)9)1-3(6)7/h3,5,12-13,36H,2,4,6-11H2,1H3,(H2,28,37)(H,29,30,31);2,5H,1H2,(H,6,7)(H,8,9)/t;2-/m.0/s1. The zero-order valence-electron chi connectivity index (χ0n) is 25.1. The molecule has 0 spiro atoms. The van der Waals surface area contributed by atoms with Crippen LogP contribution < -0.4 is 20.7 Å². The highest BCUT2D eigenvalue weighted by molar-refractivity contribution is 5.94. The fourth-order valence-electron chi connectivity index (χ4n) is 5.03. The Labute approximate surface area is 265 Å². The normalized spacial score (nSPS) is 15.1. The number of ether oxygens (including phenoxy) is 1. The Morgan fingerprint density at radius 2 is 1.83 bits per heavy atom. The van der Waals surface area contributed by atoms with Crippen LogP contribution in [0.5, 0.6) is 5.75 Å². The minimum Gasteiger partial charge on any atom is -0.481 e. The summed E-state index contributed by atoms with van der Waals surface area (Å²) in [5, 5.41) is 40.8. The number of primary amides is 1. The number of benzene rings is 1. The van der Waals surface area contributed by atoms with Crippen molar-refractivity contribution in [2.24, 2.45) is 5.73 Å². The molecule has 7 N–H and O–H groups in total. The summed E-state index contributed by atoms with van der Waals surface area (Å²) in [6.45, 7) is 2.99. The number of anilines is 3. The van der Waals surface area contributed by atoms with E-state index in [1.807, 2.05) is 7.05 Å². The van der Waals surface area contributed by atoms with Crippen molar-refractivity contribution < 1.29 is 52.7 Å². The number of aromatic nitrogens is 4. The average molecular weight is 667 g/mol. The third-order valence-electron chi connectivity index (χ3n) is 7.29. The van der Waals surface area contributed by atoms with E-state index in [1.54, 1.807) is 18.3 Å². The molecule has 1 aliphatic heterocycles. The fraction of sp³-hybridized carbons (Fsp3) is 0.429. The van der Waals surface area contributed by atoms with E-state index in [-0.39, 0.29) is 30.5 Å². The summed E-state index contributed by atoms with van der Waals surface area (Å²) in [4.78, 5) is 44.5. The highest BCUT2D eigenvalue weighted by Gasteiger charge is 2.33. The number of carbonyl (C=O) groups is 3. The fourth-order valence-corrected chi connectivity index (χ4v) is 5.03. The number of likely N-dealkylation sites (N-methyl/N-ethyl adjacent to an activating group) is 1. The Morgan fingerprint density at radius 3 is 2.40 bits per heavy atom. The predicted molar refractivity (Wildman–Crippen MR) is 158 cm³/mol. The first-order valence-electron chi connectivity index (χ1n) is 14.3. The number of aliphatic hydroxyl groups is 2. The van der Waals surface area contributed by atoms with Gasteiger partial charge in [0.2, 0.25) is 5.95 Å². The first-order chi connectivity index (χ1) is 22.2. The Kier molecular flexibility index (Phi) is 10.8. The number of alkyl halides is 3. The first-order valence-corrected chi connectivity index (χ1v) is 14.3. The van der Waals surface area contributed by atoms with Crippen molar-refractivity contribution in [2.75, 3.05) is 50.1 Å². The molecule has 19 heteroatoms. The lowest BCUT2D eigenvalue weighted by Crippen LogP contribution is -2.44. The molecular formula is C28H33F3N8O8. The zero-order valence-corrected chi connectivity index (χ0v) is 25.1. The van der Waals surface area contributed by atoms with Crippen molar-refractivity contribution in [3.8, 4) is 17.1 Å². The Balaban J connectivity index is 0.000000488. The van der Waals surface area contributed by atoms with Crippen LogP contribution in [-0.2, 0) is 29.0 Å². The number of aliphatic carboxylic acids is 2. The Hall–Kier alpha value is -5.01. The number of rotatable bonds is 10. The van der Waals surface area contributed by atoms with Gasteiger partial charge in [0.25, 0.3) is 5.91 Å². The lowest BCUT2D eigenvalue weighted by molar-refractivity contribution is -0.274. The molecule has 0 unspecified atom stereocenters. The molecule has 3 aromatic rings. The van der Waals surface area contributed by atoms with Gasteiger partial charge in [0, 0.05) is 43.6 Å². The van der Waals surface area contributed by atoms with Crippen molar-refractivity contribution in [1.29, 1.82) is 0 Å². The Morgan fingerprint density at radius 1 is 1.13 bits per heavy atom. The second-order valence-corrected chi connectivity index (χ2v) is 10.6. The molecule has 254 valence electrons. The van der Waals surface area contributed by atoms with E-state index in [0.29, 0.717) is 29.8 Å². The smallest absolute Gasteiger partial charge is 0.481 e. The molecule has 1 saturated heterocycles. The lowest BCUT2D eigenvalue weighted by Gasteiger charge is -2.34. The molecule has 1 amide bonds. The van der Waals surface area contributed by atoms with E-state index in [4.69, 9.17) is 21.1 Å². The monoisotopic (exact) mass is 666 g/mol. The van der Waals surface area contributed by atoms with Gasteiger partial charge in [-0.05, 0) is 43.7 Å². The predicted octanol–water partition coefficient (Wildman–Crippen LogP) is 0.831. The highest BCUT2D eigenvalue weighted by atomic mass is 19.4. The van der Waals surface area contributed by atoms with Gasteiger partial charge >= 0.3 is 18.3 Å².